The van der Waals surface area contributed by atoms with Gasteiger partial charge in [-0.2, -0.15) is 0 Å². The Morgan fingerprint density at radius 1 is 1.00 bits per heavy atom. The SMILES string of the molecule is CCOC(=O)c1c(-c2ccccc2Cl)csc1NC(=O)c1c(-c2ccccc2Cl)noc1C. The summed E-state index contributed by atoms with van der Waals surface area (Å²) in [6, 6.07) is 14.2. The first kappa shape index (κ1) is 23.0. The highest BCUT2D eigenvalue weighted by Gasteiger charge is 2.27. The Hall–Kier alpha value is -3.13. The Balaban J connectivity index is 1.76. The average molecular weight is 501 g/mol. The molecule has 0 fully saturated rings. The van der Waals surface area contributed by atoms with Gasteiger partial charge < -0.3 is 14.6 Å². The summed E-state index contributed by atoms with van der Waals surface area (Å²) >= 11 is 13.9. The lowest BCUT2D eigenvalue weighted by molar-refractivity contribution is 0.0529. The Morgan fingerprint density at radius 3 is 2.27 bits per heavy atom. The van der Waals surface area contributed by atoms with Crippen LogP contribution in [0, 0.1) is 6.92 Å². The summed E-state index contributed by atoms with van der Waals surface area (Å²) in [6.45, 7) is 3.54. The van der Waals surface area contributed by atoms with E-state index in [1.165, 1.54) is 11.3 Å². The van der Waals surface area contributed by atoms with Crippen LogP contribution in [0.3, 0.4) is 0 Å². The van der Waals surface area contributed by atoms with Crippen LogP contribution in [0.15, 0.2) is 58.4 Å². The predicted molar refractivity (Wildman–Crippen MR) is 130 cm³/mol. The van der Waals surface area contributed by atoms with E-state index in [-0.39, 0.29) is 17.7 Å². The van der Waals surface area contributed by atoms with Gasteiger partial charge >= 0.3 is 5.97 Å². The molecule has 4 aromatic rings. The van der Waals surface area contributed by atoms with E-state index in [2.05, 4.69) is 10.5 Å². The smallest absolute Gasteiger partial charge is 0.341 e. The highest BCUT2D eigenvalue weighted by Crippen LogP contribution is 2.40. The van der Waals surface area contributed by atoms with E-state index in [9.17, 15) is 9.59 Å². The Labute approximate surface area is 204 Å². The minimum atomic E-state index is -0.558. The zero-order valence-corrected chi connectivity index (χ0v) is 20.0. The van der Waals surface area contributed by atoms with Crippen molar-refractivity contribution in [1.82, 2.24) is 5.16 Å². The summed E-state index contributed by atoms with van der Waals surface area (Å²) in [5.41, 5.74) is 2.58. The fraction of sp³-hybridized carbons (Fsp3) is 0.125. The van der Waals surface area contributed by atoms with Crippen molar-refractivity contribution in [2.24, 2.45) is 0 Å². The normalized spacial score (nSPS) is 10.8. The molecule has 9 heteroatoms. The van der Waals surface area contributed by atoms with Crippen LogP contribution in [0.25, 0.3) is 22.4 Å². The molecule has 1 N–H and O–H groups in total. The van der Waals surface area contributed by atoms with Crippen molar-refractivity contribution in [1.29, 1.82) is 0 Å². The van der Waals surface area contributed by atoms with E-state index >= 15 is 0 Å². The van der Waals surface area contributed by atoms with Gasteiger partial charge in [0, 0.05) is 27.1 Å². The molecule has 0 saturated carbocycles. The number of thiophene rings is 1. The number of aromatic nitrogens is 1. The van der Waals surface area contributed by atoms with Crippen molar-refractivity contribution >= 4 is 51.4 Å². The number of hydrogen-bond donors (Lipinski definition) is 1. The number of anilines is 1. The van der Waals surface area contributed by atoms with Crippen molar-refractivity contribution in [3.05, 3.63) is 80.8 Å². The highest BCUT2D eigenvalue weighted by atomic mass is 35.5. The third-order valence-corrected chi connectivity index (χ3v) is 6.44. The van der Waals surface area contributed by atoms with Crippen LogP contribution in [0.1, 0.15) is 33.4 Å². The Bertz CT molecular complexity index is 1350. The number of carbonyl (C=O) groups is 2. The summed E-state index contributed by atoms with van der Waals surface area (Å²) in [5, 5.41) is 9.87. The first-order valence-electron chi connectivity index (χ1n) is 9.98. The molecule has 0 aliphatic carbocycles. The van der Waals surface area contributed by atoms with Gasteiger partial charge in [0.05, 0.1) is 11.6 Å². The number of nitrogens with zero attached hydrogens (tertiary/aromatic N) is 1. The topological polar surface area (TPSA) is 81.4 Å². The molecule has 0 radical (unpaired) electrons. The van der Waals surface area contributed by atoms with Crippen LogP contribution >= 0.6 is 34.5 Å². The maximum Gasteiger partial charge on any atom is 0.341 e. The van der Waals surface area contributed by atoms with E-state index in [4.69, 9.17) is 32.5 Å². The lowest BCUT2D eigenvalue weighted by Gasteiger charge is -2.10. The lowest BCUT2D eigenvalue weighted by Crippen LogP contribution is -2.16. The van der Waals surface area contributed by atoms with E-state index in [0.29, 0.717) is 43.2 Å². The fourth-order valence-electron chi connectivity index (χ4n) is 3.38. The molecule has 0 aliphatic heterocycles. The van der Waals surface area contributed by atoms with Gasteiger partial charge in [-0.05, 0) is 26.0 Å². The molecule has 168 valence electrons. The molecule has 0 bridgehead atoms. The minimum Gasteiger partial charge on any atom is -0.462 e. The second-order valence-corrected chi connectivity index (χ2v) is 8.64. The van der Waals surface area contributed by atoms with Crippen molar-refractivity contribution < 1.29 is 18.8 Å². The van der Waals surface area contributed by atoms with Crippen molar-refractivity contribution in [2.45, 2.75) is 13.8 Å². The molecule has 4 rings (SSSR count). The molecule has 0 atom stereocenters. The van der Waals surface area contributed by atoms with Crippen LogP contribution in [-0.4, -0.2) is 23.6 Å². The summed E-state index contributed by atoms with van der Waals surface area (Å²) in [5.74, 6) is -0.720. The molecule has 2 aromatic carbocycles. The highest BCUT2D eigenvalue weighted by molar-refractivity contribution is 7.15. The molecule has 1 amide bonds. The molecule has 33 heavy (non-hydrogen) atoms. The summed E-state index contributed by atoms with van der Waals surface area (Å²) in [4.78, 5) is 26.2. The molecule has 2 aromatic heterocycles. The van der Waals surface area contributed by atoms with Crippen LogP contribution in [0.2, 0.25) is 10.0 Å². The number of rotatable bonds is 6. The van der Waals surface area contributed by atoms with Gasteiger partial charge in [-0.25, -0.2) is 4.79 Å². The van der Waals surface area contributed by atoms with E-state index < -0.39 is 11.9 Å². The summed E-state index contributed by atoms with van der Waals surface area (Å²) < 4.78 is 10.6. The van der Waals surface area contributed by atoms with Crippen LogP contribution in [0.5, 0.6) is 0 Å². The van der Waals surface area contributed by atoms with E-state index in [1.54, 1.807) is 61.7 Å². The second-order valence-electron chi connectivity index (χ2n) is 6.95. The Morgan fingerprint density at radius 2 is 1.64 bits per heavy atom. The number of ether oxygens (including phenoxy) is 1. The van der Waals surface area contributed by atoms with Crippen LogP contribution in [-0.2, 0) is 4.74 Å². The zero-order chi connectivity index (χ0) is 23.5. The monoisotopic (exact) mass is 500 g/mol. The first-order valence-corrected chi connectivity index (χ1v) is 11.6. The largest absolute Gasteiger partial charge is 0.462 e. The molecule has 6 nitrogen and oxygen atoms in total. The van der Waals surface area contributed by atoms with Gasteiger partial charge in [-0.3, -0.25) is 4.79 Å². The van der Waals surface area contributed by atoms with Gasteiger partial charge in [0.2, 0.25) is 0 Å². The molecule has 0 unspecified atom stereocenters. The second kappa shape index (κ2) is 9.79. The Kier molecular flexibility index (Phi) is 6.83. The summed E-state index contributed by atoms with van der Waals surface area (Å²) in [7, 11) is 0. The van der Waals surface area contributed by atoms with Crippen molar-refractivity contribution in [3.8, 4) is 22.4 Å². The number of carbonyl (C=O) groups excluding carboxylic acids is 2. The molecule has 0 aliphatic rings. The number of amides is 1. The van der Waals surface area contributed by atoms with Crippen LogP contribution < -0.4 is 5.32 Å². The molecule has 0 spiro atoms. The number of halogens is 2. The van der Waals surface area contributed by atoms with E-state index in [0.717, 1.165) is 0 Å². The van der Waals surface area contributed by atoms with Gasteiger partial charge in [0.15, 0.2) is 0 Å². The van der Waals surface area contributed by atoms with Gasteiger partial charge in [0.1, 0.15) is 27.6 Å². The molecule has 0 saturated heterocycles. The maximum atomic E-state index is 13.3. The number of benzene rings is 2. The predicted octanol–water partition coefficient (Wildman–Crippen LogP) is 7.11. The van der Waals surface area contributed by atoms with Crippen LogP contribution in [0.4, 0.5) is 5.00 Å². The number of hydrogen-bond acceptors (Lipinski definition) is 6. The van der Waals surface area contributed by atoms with Crippen molar-refractivity contribution in [3.63, 3.8) is 0 Å². The quantitative estimate of drug-likeness (QED) is 0.285. The third-order valence-electron chi connectivity index (χ3n) is 4.88. The number of esters is 1. The number of nitrogens with one attached hydrogen (secondary N) is 1. The molecule has 2 heterocycles. The molecular formula is C24H18Cl2N2O4S. The maximum absolute atomic E-state index is 13.3. The average Bonchev–Trinajstić information content (AvgIpc) is 3.38. The van der Waals surface area contributed by atoms with E-state index in [1.807, 2.05) is 6.07 Å². The third kappa shape index (κ3) is 4.53. The number of aryl methyl sites for hydroxylation is 1. The minimum absolute atomic E-state index is 0.186. The van der Waals surface area contributed by atoms with Gasteiger partial charge in [0.25, 0.3) is 5.91 Å². The van der Waals surface area contributed by atoms with Gasteiger partial charge in [-0.15, -0.1) is 11.3 Å². The first-order chi connectivity index (χ1) is 15.9. The van der Waals surface area contributed by atoms with Gasteiger partial charge in [-0.1, -0.05) is 64.8 Å². The standard InChI is InChI=1S/C24H18Cl2N2O4S/c1-3-31-24(30)20-16(14-8-4-6-10-17(14)25)12-33-23(20)27-22(29)19-13(2)32-28-21(19)15-9-5-7-11-18(15)26/h4-12H,3H2,1-2H3,(H,27,29). The lowest BCUT2D eigenvalue weighted by atomic mass is 10.0. The summed E-state index contributed by atoms with van der Waals surface area (Å²) in [6.07, 6.45) is 0. The zero-order valence-electron chi connectivity index (χ0n) is 17.6. The fourth-order valence-corrected chi connectivity index (χ4v) is 4.78. The molecular weight excluding hydrogens is 483 g/mol. The van der Waals surface area contributed by atoms with Crippen molar-refractivity contribution in [2.75, 3.05) is 11.9 Å².